The monoisotopic (exact) mass is 1100 g/mol. The van der Waals surface area contributed by atoms with Gasteiger partial charge in [-0.25, -0.2) is 55.4 Å². The molecule has 2 aromatic heterocycles. The molecular weight excluding hydrogens is 1070 g/mol. The van der Waals surface area contributed by atoms with E-state index in [1.807, 2.05) is 129 Å². The molecule has 10 rings (SSSR count). The molecule has 0 fully saturated rings. The number of aryl methyl sites for hydroxylation is 2. The molecule has 0 amide bonds. The van der Waals surface area contributed by atoms with Crippen LogP contribution in [0.2, 0.25) is 0 Å². The van der Waals surface area contributed by atoms with Crippen LogP contribution in [0.25, 0.3) is 108 Å². The molecule has 0 saturated heterocycles. The van der Waals surface area contributed by atoms with Gasteiger partial charge in [0.25, 0.3) is 28.5 Å². The van der Waals surface area contributed by atoms with Crippen LogP contribution in [0.15, 0.2) is 131 Å². The lowest BCUT2D eigenvalue weighted by Crippen LogP contribution is -2.23. The number of hydrogen-bond acceptors (Lipinski definition) is 9. The predicted octanol–water partition coefficient (Wildman–Crippen LogP) is 16.3. The number of fused-ring (bicyclic) bond motifs is 8. The van der Waals surface area contributed by atoms with Crippen molar-refractivity contribution in [2.45, 2.75) is 6.92 Å². The fraction of sp³-hybridized carbons (Fsp3) is 0.0758. The highest BCUT2D eigenvalue weighted by atomic mass is 32.1. The first-order valence-electron chi connectivity index (χ1n) is 24.6. The van der Waals surface area contributed by atoms with Gasteiger partial charge < -0.3 is 18.9 Å². The summed E-state index contributed by atoms with van der Waals surface area (Å²) in [6, 6.07) is 40.0. The van der Waals surface area contributed by atoms with Crippen LogP contribution in [0.4, 0.5) is 22.7 Å². The van der Waals surface area contributed by atoms with Crippen molar-refractivity contribution in [3.05, 3.63) is 253 Å². The number of hydrogen-bond donors (Lipinski definition) is 0. The molecule has 2 aliphatic rings. The topological polar surface area (TPSA) is 161 Å². The predicted molar refractivity (Wildman–Crippen MR) is 329 cm³/mol. The molecular formula is C66H35N15S2. The molecule has 0 atom stereocenters. The molecule has 17 heteroatoms. The highest BCUT2D eigenvalue weighted by molar-refractivity contribution is 7.72. The fourth-order valence-corrected chi connectivity index (χ4v) is 11.1. The van der Waals surface area contributed by atoms with Crippen LogP contribution in [0.1, 0.15) is 51.4 Å². The molecule has 0 N–H and O–H groups in total. The normalized spacial score (nSPS) is 13.6. The van der Waals surface area contributed by atoms with E-state index in [1.165, 1.54) is 6.08 Å². The molecule has 83 heavy (non-hydrogen) atoms. The van der Waals surface area contributed by atoms with E-state index in [4.69, 9.17) is 74.4 Å². The Hall–Kier alpha value is -12.5. The number of benzene rings is 6. The highest BCUT2D eigenvalue weighted by Gasteiger charge is 2.34. The summed E-state index contributed by atoms with van der Waals surface area (Å²) in [4.78, 5) is 24.2. The summed E-state index contributed by atoms with van der Waals surface area (Å²) in [5.41, 5.74) is 12.8. The lowest BCUT2D eigenvalue weighted by Gasteiger charge is -2.37. The summed E-state index contributed by atoms with van der Waals surface area (Å²) < 4.78 is 5.50. The summed E-state index contributed by atoms with van der Waals surface area (Å²) in [5, 5.41) is 51.2. The van der Waals surface area contributed by atoms with Crippen LogP contribution < -0.4 is 9.80 Å². The molecule has 8 aromatic rings. The van der Waals surface area contributed by atoms with Crippen molar-refractivity contribution in [1.82, 2.24) is 9.13 Å². The van der Waals surface area contributed by atoms with Crippen molar-refractivity contribution >= 4 is 126 Å². The number of rotatable bonds is 4. The Morgan fingerprint density at radius 1 is 0.398 bits per heavy atom. The number of anilines is 4. The summed E-state index contributed by atoms with van der Waals surface area (Å²) in [6.07, 6.45) is 6.31. The van der Waals surface area contributed by atoms with Crippen molar-refractivity contribution in [2.75, 3.05) is 23.9 Å². The van der Waals surface area contributed by atoms with Crippen LogP contribution >= 0.6 is 24.4 Å². The minimum atomic E-state index is -0.127. The van der Waals surface area contributed by atoms with Crippen LogP contribution in [0.5, 0.6) is 0 Å². The van der Waals surface area contributed by atoms with Crippen molar-refractivity contribution in [3.8, 4) is 30.3 Å². The molecule has 0 bridgehead atoms. The maximum atomic E-state index is 10.1. The van der Waals surface area contributed by atoms with Crippen LogP contribution in [0, 0.1) is 105 Å². The molecule has 0 unspecified atom stereocenters. The molecule has 6 aromatic carbocycles. The molecule has 15 nitrogen and oxygen atoms in total. The summed E-state index contributed by atoms with van der Waals surface area (Å²) >= 11 is 11.9. The van der Waals surface area contributed by atoms with E-state index in [1.54, 1.807) is 43.4 Å². The smallest absolute Gasteiger partial charge is 0.270 e. The van der Waals surface area contributed by atoms with Gasteiger partial charge in [-0.15, -0.1) is 0 Å². The number of pyridine rings is 2. The third-order valence-electron chi connectivity index (χ3n) is 14.3. The minimum absolute atomic E-state index is 0.0138. The van der Waals surface area contributed by atoms with Crippen LogP contribution in [-0.4, -0.2) is 23.2 Å². The SMILES string of the molecule is [C-]#[N+]/C(C#N)=C\c1ccc2c(c1)c(=S)c1cc3c(cc1n2C)c(=S)c1cc(/C=C(\C#N)[N+]#[C-])ccc1n3C.[C-]#[N+]/C(C)=C\c1ccc2c(c1)/C(=C(\C#N)[N+]#[C-])c1cc3c(cc1N2C)/C(=C(\C#N)[N+]#[C-])c1cc(/C=C(\C#N)[N+]#[C-])ccc1N3C. The maximum Gasteiger partial charge on any atom is 0.270 e. The van der Waals surface area contributed by atoms with E-state index < -0.39 is 0 Å². The highest BCUT2D eigenvalue weighted by Crippen LogP contribution is 2.53. The first-order valence-corrected chi connectivity index (χ1v) is 25.4. The Morgan fingerprint density at radius 2 is 0.735 bits per heavy atom. The average Bonchev–Trinajstić information content (AvgIpc) is 1.09. The van der Waals surface area contributed by atoms with Crippen molar-refractivity contribution in [1.29, 1.82) is 26.3 Å². The van der Waals surface area contributed by atoms with Crippen molar-refractivity contribution < 1.29 is 0 Å². The molecule has 0 aliphatic carbocycles. The van der Waals surface area contributed by atoms with Gasteiger partial charge in [-0.3, -0.25) is 0 Å². The Morgan fingerprint density at radius 3 is 1.07 bits per heavy atom. The quantitative estimate of drug-likeness (QED) is 0.0723. The average molecular weight is 1100 g/mol. The van der Waals surface area contributed by atoms with Crippen molar-refractivity contribution in [3.63, 3.8) is 0 Å². The first-order chi connectivity index (χ1) is 40.0. The van der Waals surface area contributed by atoms with E-state index in [9.17, 15) is 15.8 Å². The first kappa shape index (κ1) is 55.3. The van der Waals surface area contributed by atoms with E-state index in [0.717, 1.165) is 66.0 Å². The molecule has 0 radical (unpaired) electrons. The standard InChI is InChI=1S/C36H19N9.C30H16N6S2/c1-21(40-2)12-22-8-10-31-25(14-22)35(29(19-38)42-4)27-16-34-28(17-33(27)44(31)6)36(30(20-39)43-5)26-15-23(13-24(18-37)41-3)9-11-32(26)45(34)7;1-33-19(15-31)9-17-5-7-25-21(11-17)29(37)23-13-28-24(14-27(23)35(25)3)30(38)22-12-18(10-20(16-32)34-2)6-8-26(22)36(28)4/h8-17H,1,6-7H3;5-14H,3-4H3/b21-12-,24-13+,35-29-,36-30+;19-9-,20-10+. The second-order valence-corrected chi connectivity index (χ2v) is 19.6. The second-order valence-electron chi connectivity index (χ2n) is 18.8. The number of aromatic nitrogens is 2. The van der Waals surface area contributed by atoms with Gasteiger partial charge >= 0.3 is 0 Å². The third kappa shape index (κ3) is 9.62. The number of nitriles is 5. The zero-order valence-electron chi connectivity index (χ0n) is 44.6. The van der Waals surface area contributed by atoms with Gasteiger partial charge in [0.2, 0.25) is 0 Å². The number of nitrogens with zero attached hydrogens (tertiary/aromatic N) is 15. The van der Waals surface area contributed by atoms with Crippen molar-refractivity contribution in [2.24, 2.45) is 14.1 Å². The minimum Gasteiger partial charge on any atom is -0.344 e. The zero-order valence-corrected chi connectivity index (χ0v) is 46.2. The van der Waals surface area contributed by atoms with E-state index in [2.05, 4.69) is 56.4 Å². The zero-order chi connectivity index (χ0) is 59.6. The van der Waals surface area contributed by atoms with E-state index in [-0.39, 0.29) is 28.5 Å². The van der Waals surface area contributed by atoms with Gasteiger partial charge in [0.05, 0.1) is 89.8 Å². The van der Waals surface area contributed by atoms with Gasteiger partial charge in [0, 0.05) is 94.7 Å². The molecule has 2 aliphatic heterocycles. The van der Waals surface area contributed by atoms with Gasteiger partial charge in [-0.2, -0.15) is 0 Å². The largest absolute Gasteiger partial charge is 0.344 e. The Bertz CT molecular complexity index is 4930. The van der Waals surface area contributed by atoms with Crippen LogP contribution in [0.3, 0.4) is 0 Å². The maximum absolute atomic E-state index is 10.1. The van der Waals surface area contributed by atoms with Gasteiger partial charge in [0.15, 0.2) is 5.70 Å². The van der Waals surface area contributed by atoms with Crippen LogP contribution in [-0.2, 0) is 14.1 Å². The molecule has 0 saturated carbocycles. The second kappa shape index (κ2) is 22.5. The summed E-state index contributed by atoms with van der Waals surface area (Å²) in [7, 11) is 7.66. The molecule has 386 valence electrons. The van der Waals surface area contributed by atoms with Gasteiger partial charge in [-0.05, 0) is 142 Å². The lowest BCUT2D eigenvalue weighted by atomic mass is 9.82. The Labute approximate surface area is 487 Å². The number of allylic oxidation sites excluding steroid dienone is 6. The molecule has 0 spiro atoms. The Kier molecular flexibility index (Phi) is 15.0. The Balaban J connectivity index is 0.000000202. The van der Waals surface area contributed by atoms with E-state index in [0.29, 0.717) is 70.7 Å². The summed E-state index contributed by atoms with van der Waals surface area (Å²) in [5.74, 6) is 0. The fourth-order valence-electron chi connectivity index (χ4n) is 10.4. The molecule has 4 heterocycles. The lowest BCUT2D eigenvalue weighted by molar-refractivity contribution is 0.995. The van der Waals surface area contributed by atoms with Gasteiger partial charge in [-0.1, -0.05) is 54.8 Å². The van der Waals surface area contributed by atoms with Gasteiger partial charge in [0.1, 0.15) is 0 Å². The van der Waals surface area contributed by atoms with E-state index >= 15 is 0 Å². The third-order valence-corrected chi connectivity index (χ3v) is 15.2. The summed E-state index contributed by atoms with van der Waals surface area (Å²) in [6.45, 7) is 46.3.